The fourth-order valence-electron chi connectivity index (χ4n) is 3.64. The number of ether oxygens (including phenoxy) is 3. The lowest BCUT2D eigenvalue weighted by molar-refractivity contribution is -0.127. The molecule has 0 saturated heterocycles. The summed E-state index contributed by atoms with van der Waals surface area (Å²) in [6.07, 6.45) is 0.670. The Morgan fingerprint density at radius 3 is 2.33 bits per heavy atom. The van der Waals surface area contributed by atoms with E-state index in [0.29, 0.717) is 28.7 Å². The molecule has 1 N–H and O–H groups in total. The van der Waals surface area contributed by atoms with Crippen molar-refractivity contribution in [1.29, 1.82) is 0 Å². The Kier molecular flexibility index (Phi) is 9.78. The summed E-state index contributed by atoms with van der Waals surface area (Å²) >= 11 is 12.0. The Morgan fingerprint density at radius 2 is 1.62 bits per heavy atom. The van der Waals surface area contributed by atoms with Crippen molar-refractivity contribution in [3.05, 3.63) is 112 Å². The van der Waals surface area contributed by atoms with Crippen molar-refractivity contribution < 1.29 is 23.8 Å². The maximum absolute atomic E-state index is 12.6. The molecule has 0 bridgehead atoms. The summed E-state index contributed by atoms with van der Waals surface area (Å²) in [5.41, 5.74) is 5.40. The van der Waals surface area contributed by atoms with Crippen LogP contribution in [-0.2, 0) is 4.79 Å². The minimum Gasteiger partial charge on any atom is -0.490 e. The topological polar surface area (TPSA) is 86.2 Å². The number of amides is 1. The van der Waals surface area contributed by atoms with Crippen molar-refractivity contribution in [1.82, 2.24) is 5.43 Å². The van der Waals surface area contributed by atoms with E-state index in [-0.39, 0.29) is 16.3 Å². The minimum atomic E-state index is -0.778. The summed E-state index contributed by atoms with van der Waals surface area (Å²) in [5.74, 6) is 0.0303. The third-order valence-corrected chi connectivity index (χ3v) is 6.20. The van der Waals surface area contributed by atoms with Gasteiger partial charge in [0, 0.05) is 5.02 Å². The number of esters is 1. The molecule has 0 spiro atoms. The molecular weight excluding hydrogens is 551 g/mol. The summed E-state index contributed by atoms with van der Waals surface area (Å²) in [5, 5.41) is 4.61. The lowest BCUT2D eigenvalue weighted by Crippen LogP contribution is -2.33. The highest BCUT2D eigenvalue weighted by Gasteiger charge is 2.17. The average Bonchev–Trinajstić information content (AvgIpc) is 2.95. The number of hydrogen-bond donors (Lipinski definition) is 1. The van der Waals surface area contributed by atoms with E-state index in [0.717, 1.165) is 11.1 Å². The summed E-state index contributed by atoms with van der Waals surface area (Å²) in [6, 6.07) is 26.9. The fourth-order valence-corrected chi connectivity index (χ4v) is 4.13. The Hall–Kier alpha value is -4.33. The van der Waals surface area contributed by atoms with Crippen molar-refractivity contribution in [2.24, 2.45) is 5.10 Å². The van der Waals surface area contributed by atoms with Gasteiger partial charge < -0.3 is 14.2 Å². The van der Waals surface area contributed by atoms with E-state index < -0.39 is 18.0 Å². The van der Waals surface area contributed by atoms with Crippen molar-refractivity contribution in [3.63, 3.8) is 0 Å². The van der Waals surface area contributed by atoms with Crippen LogP contribution >= 0.6 is 23.2 Å². The number of nitrogens with zero attached hydrogens (tertiary/aromatic N) is 1. The quantitative estimate of drug-likeness (QED) is 0.0933. The van der Waals surface area contributed by atoms with E-state index in [2.05, 4.69) is 10.5 Å². The molecule has 0 fully saturated rings. The molecule has 1 amide bonds. The van der Waals surface area contributed by atoms with Crippen LogP contribution in [0.15, 0.2) is 96.1 Å². The van der Waals surface area contributed by atoms with Crippen molar-refractivity contribution in [2.45, 2.75) is 20.0 Å². The molecule has 9 heteroatoms. The highest BCUT2D eigenvalue weighted by atomic mass is 35.5. The summed E-state index contributed by atoms with van der Waals surface area (Å²) in [4.78, 5) is 25.1. The number of halogens is 2. The van der Waals surface area contributed by atoms with Gasteiger partial charge in [-0.25, -0.2) is 10.2 Å². The molecule has 0 heterocycles. The van der Waals surface area contributed by atoms with Gasteiger partial charge >= 0.3 is 5.97 Å². The van der Waals surface area contributed by atoms with Crippen molar-refractivity contribution in [2.75, 3.05) is 6.61 Å². The smallest absolute Gasteiger partial charge is 0.345 e. The molecule has 204 valence electrons. The van der Waals surface area contributed by atoms with E-state index >= 15 is 0 Å². The number of hydrogen-bond acceptors (Lipinski definition) is 6. The van der Waals surface area contributed by atoms with Gasteiger partial charge in [0.05, 0.1) is 23.4 Å². The number of carbonyl (C=O) groups is 2. The van der Waals surface area contributed by atoms with Crippen LogP contribution in [0, 0.1) is 0 Å². The first-order valence-electron chi connectivity index (χ1n) is 12.4. The average molecular weight is 577 g/mol. The zero-order chi connectivity index (χ0) is 28.5. The fraction of sp³-hybridized carbons (Fsp3) is 0.129. The molecule has 0 aliphatic rings. The monoisotopic (exact) mass is 576 g/mol. The first-order valence-corrected chi connectivity index (χ1v) is 13.2. The van der Waals surface area contributed by atoms with Crippen LogP contribution in [0.3, 0.4) is 0 Å². The maximum atomic E-state index is 12.6. The molecule has 1 unspecified atom stereocenters. The van der Waals surface area contributed by atoms with Crippen molar-refractivity contribution in [3.8, 4) is 28.4 Å². The summed E-state index contributed by atoms with van der Waals surface area (Å²) in [7, 11) is 0. The second-order valence-corrected chi connectivity index (χ2v) is 9.38. The molecule has 0 radical (unpaired) electrons. The summed E-state index contributed by atoms with van der Waals surface area (Å²) in [6.45, 7) is 3.78. The molecule has 4 aromatic carbocycles. The second-order valence-electron chi connectivity index (χ2n) is 8.54. The van der Waals surface area contributed by atoms with Crippen LogP contribution in [0.1, 0.15) is 29.8 Å². The Bertz CT molecular complexity index is 1510. The van der Waals surface area contributed by atoms with E-state index in [1.807, 2.05) is 54.6 Å². The molecule has 0 aromatic heterocycles. The highest BCUT2D eigenvalue weighted by Crippen LogP contribution is 2.30. The lowest BCUT2D eigenvalue weighted by atomic mass is 10.1. The van der Waals surface area contributed by atoms with Gasteiger partial charge in [0.15, 0.2) is 17.6 Å². The first kappa shape index (κ1) is 28.7. The number of hydrazone groups is 1. The Morgan fingerprint density at radius 1 is 0.900 bits per heavy atom. The van der Waals surface area contributed by atoms with Gasteiger partial charge in [-0.1, -0.05) is 65.7 Å². The zero-order valence-corrected chi connectivity index (χ0v) is 23.3. The molecule has 1 atom stereocenters. The van der Waals surface area contributed by atoms with Gasteiger partial charge in [-0.05, 0) is 79.1 Å². The first-order chi connectivity index (χ1) is 19.3. The molecule has 0 aliphatic carbocycles. The van der Waals surface area contributed by atoms with Crippen LogP contribution < -0.4 is 19.6 Å². The predicted molar refractivity (Wildman–Crippen MR) is 157 cm³/mol. The Balaban J connectivity index is 1.35. The van der Waals surface area contributed by atoms with Crippen LogP contribution in [0.2, 0.25) is 10.0 Å². The van der Waals surface area contributed by atoms with Crippen LogP contribution in [0.4, 0.5) is 0 Å². The van der Waals surface area contributed by atoms with E-state index in [1.165, 1.54) is 18.3 Å². The van der Waals surface area contributed by atoms with Gasteiger partial charge in [0.2, 0.25) is 0 Å². The largest absolute Gasteiger partial charge is 0.490 e. The van der Waals surface area contributed by atoms with Gasteiger partial charge in [-0.2, -0.15) is 5.10 Å². The minimum absolute atomic E-state index is 0.172. The van der Waals surface area contributed by atoms with Gasteiger partial charge in [-0.3, -0.25) is 4.79 Å². The van der Waals surface area contributed by atoms with Gasteiger partial charge in [0.1, 0.15) is 5.75 Å². The van der Waals surface area contributed by atoms with Crippen LogP contribution in [0.25, 0.3) is 11.1 Å². The highest BCUT2D eigenvalue weighted by molar-refractivity contribution is 6.36. The normalized spacial score (nSPS) is 11.6. The zero-order valence-electron chi connectivity index (χ0n) is 21.8. The standard InChI is InChI=1S/C31H26Cl2N2O5/c1-3-38-29-17-21(9-16-28(29)40-31(37)26-15-12-24(32)18-27(26)33)19-34-35-30(36)20(2)39-25-13-10-23(11-14-25)22-7-5-4-6-8-22/h4-20H,3H2,1-2H3,(H,35,36)/b34-19+. The molecule has 0 aliphatic heterocycles. The molecule has 4 aromatic rings. The third kappa shape index (κ3) is 7.62. The third-order valence-electron chi connectivity index (χ3n) is 5.65. The Labute approximate surface area is 242 Å². The van der Waals surface area contributed by atoms with E-state index in [9.17, 15) is 9.59 Å². The number of rotatable bonds is 10. The van der Waals surface area contributed by atoms with E-state index in [1.54, 1.807) is 38.1 Å². The number of carbonyl (C=O) groups excluding carboxylic acids is 2. The molecular formula is C31H26Cl2N2O5. The lowest BCUT2D eigenvalue weighted by Gasteiger charge is -2.13. The van der Waals surface area contributed by atoms with Gasteiger partial charge in [-0.15, -0.1) is 0 Å². The van der Waals surface area contributed by atoms with E-state index in [4.69, 9.17) is 37.4 Å². The molecule has 0 saturated carbocycles. The number of nitrogens with one attached hydrogen (secondary N) is 1. The molecule has 7 nitrogen and oxygen atoms in total. The van der Waals surface area contributed by atoms with Crippen molar-refractivity contribution >= 4 is 41.3 Å². The summed E-state index contributed by atoms with van der Waals surface area (Å²) < 4.78 is 16.9. The number of benzene rings is 4. The van der Waals surface area contributed by atoms with Crippen LogP contribution in [-0.4, -0.2) is 30.8 Å². The maximum Gasteiger partial charge on any atom is 0.345 e. The van der Waals surface area contributed by atoms with Crippen LogP contribution in [0.5, 0.6) is 17.2 Å². The predicted octanol–water partition coefficient (Wildman–Crippen LogP) is 7.20. The SMILES string of the molecule is CCOc1cc(/C=N/NC(=O)C(C)Oc2ccc(-c3ccccc3)cc2)ccc1OC(=O)c1ccc(Cl)cc1Cl. The van der Waals surface area contributed by atoms with Gasteiger partial charge in [0.25, 0.3) is 5.91 Å². The molecule has 40 heavy (non-hydrogen) atoms. The molecule has 4 rings (SSSR count). The second kappa shape index (κ2) is 13.6.